The lowest BCUT2D eigenvalue weighted by molar-refractivity contribution is -0.118. The van der Waals surface area contributed by atoms with Crippen molar-refractivity contribution < 1.29 is 13.2 Å². The highest BCUT2D eigenvalue weighted by atomic mass is 35.5. The van der Waals surface area contributed by atoms with Gasteiger partial charge in [0.2, 0.25) is 15.9 Å². The molecule has 2 aliphatic rings. The molecule has 2 fully saturated rings. The molecule has 0 bridgehead atoms. The third kappa shape index (κ3) is 7.61. The number of hydrogen-bond acceptors (Lipinski definition) is 5. The Hall–Kier alpha value is -1.06. The van der Waals surface area contributed by atoms with E-state index in [9.17, 15) is 13.2 Å². The molecule has 2 heterocycles. The third-order valence-corrected chi connectivity index (χ3v) is 7.13. The van der Waals surface area contributed by atoms with Crippen LogP contribution >= 0.6 is 24.8 Å². The van der Waals surface area contributed by atoms with Gasteiger partial charge in [-0.15, -0.1) is 24.8 Å². The van der Waals surface area contributed by atoms with Crippen LogP contribution in [0.4, 0.5) is 5.69 Å². The molecule has 0 aromatic heterocycles. The number of aryl methyl sites for hydroxylation is 1. The van der Waals surface area contributed by atoms with Crippen molar-refractivity contribution >= 4 is 46.4 Å². The van der Waals surface area contributed by atoms with Crippen molar-refractivity contribution in [1.82, 2.24) is 14.9 Å². The van der Waals surface area contributed by atoms with Crippen molar-refractivity contribution in [3.8, 4) is 0 Å². The normalized spacial score (nSPS) is 19.9. The first-order chi connectivity index (χ1) is 12.9. The Balaban J connectivity index is 0.00000210. The molecular weight excluding hydrogens is 435 g/mol. The maximum atomic E-state index is 12.5. The molecule has 1 unspecified atom stereocenters. The molecule has 0 saturated carbocycles. The highest BCUT2D eigenvalue weighted by Gasteiger charge is 2.29. The first-order valence-electron chi connectivity index (χ1n) is 9.71. The Morgan fingerprint density at radius 1 is 1.21 bits per heavy atom. The number of rotatable bonds is 7. The molecule has 29 heavy (non-hydrogen) atoms. The predicted molar refractivity (Wildman–Crippen MR) is 122 cm³/mol. The zero-order valence-corrected chi connectivity index (χ0v) is 19.3. The Morgan fingerprint density at radius 2 is 1.93 bits per heavy atom. The lowest BCUT2D eigenvalue weighted by Crippen LogP contribution is -2.50. The van der Waals surface area contributed by atoms with Crippen LogP contribution in [-0.4, -0.2) is 70.2 Å². The maximum Gasteiger partial charge on any atom is 0.236 e. The van der Waals surface area contributed by atoms with Gasteiger partial charge in [0.25, 0.3) is 0 Å². The van der Waals surface area contributed by atoms with Crippen molar-refractivity contribution in [2.75, 3.05) is 56.5 Å². The molecule has 7 nitrogen and oxygen atoms in total. The Kier molecular flexibility index (Phi) is 10.7. The molecule has 0 radical (unpaired) electrons. The monoisotopic (exact) mass is 466 g/mol. The first-order valence-corrected chi connectivity index (χ1v) is 11.3. The number of carbonyl (C=O) groups is 1. The molecule has 2 saturated heterocycles. The van der Waals surface area contributed by atoms with Gasteiger partial charge in [-0.2, -0.15) is 4.31 Å². The highest BCUT2D eigenvalue weighted by Crippen LogP contribution is 2.19. The lowest BCUT2D eigenvalue weighted by atomic mass is 10.1. The zero-order chi connectivity index (χ0) is 19.3. The predicted octanol–water partition coefficient (Wildman–Crippen LogP) is 1.41. The second-order valence-electron chi connectivity index (χ2n) is 7.48. The number of amides is 1. The molecule has 1 aromatic rings. The summed E-state index contributed by atoms with van der Waals surface area (Å²) in [5, 5.41) is 6.05. The summed E-state index contributed by atoms with van der Waals surface area (Å²) in [6.07, 6.45) is 2.02. The second-order valence-corrected chi connectivity index (χ2v) is 9.45. The SMILES string of the molecule is Cc1cccc(N2CCN(S(=O)(=O)CC(=O)NCCC3CCNC3)CC2)c1.Cl.Cl. The van der Waals surface area contributed by atoms with E-state index in [1.54, 1.807) is 0 Å². The number of halogens is 2. The van der Waals surface area contributed by atoms with E-state index in [2.05, 4.69) is 21.6 Å². The third-order valence-electron chi connectivity index (χ3n) is 5.35. The number of nitrogens with one attached hydrogen (secondary N) is 2. The van der Waals surface area contributed by atoms with Crippen LogP contribution in [0.3, 0.4) is 0 Å². The largest absolute Gasteiger partial charge is 0.369 e. The topological polar surface area (TPSA) is 81.8 Å². The molecule has 3 rings (SSSR count). The Bertz CT molecular complexity index is 750. The summed E-state index contributed by atoms with van der Waals surface area (Å²) in [5.41, 5.74) is 2.30. The fourth-order valence-corrected chi connectivity index (χ4v) is 5.07. The number of anilines is 1. The van der Waals surface area contributed by atoms with E-state index in [-0.39, 0.29) is 24.8 Å². The highest BCUT2D eigenvalue weighted by molar-refractivity contribution is 7.89. The van der Waals surface area contributed by atoms with Crippen LogP contribution in [0.15, 0.2) is 24.3 Å². The van der Waals surface area contributed by atoms with Gasteiger partial charge >= 0.3 is 0 Å². The van der Waals surface area contributed by atoms with E-state index >= 15 is 0 Å². The zero-order valence-electron chi connectivity index (χ0n) is 16.8. The van der Waals surface area contributed by atoms with Gasteiger partial charge in [0, 0.05) is 38.4 Å². The van der Waals surface area contributed by atoms with Crippen molar-refractivity contribution in [3.63, 3.8) is 0 Å². The minimum Gasteiger partial charge on any atom is -0.369 e. The van der Waals surface area contributed by atoms with Crippen LogP contribution in [0.2, 0.25) is 0 Å². The Morgan fingerprint density at radius 3 is 2.55 bits per heavy atom. The number of nitrogens with zero attached hydrogens (tertiary/aromatic N) is 2. The van der Waals surface area contributed by atoms with Gasteiger partial charge < -0.3 is 15.5 Å². The summed E-state index contributed by atoms with van der Waals surface area (Å²) in [4.78, 5) is 14.2. The van der Waals surface area contributed by atoms with Gasteiger partial charge in [-0.25, -0.2) is 8.42 Å². The van der Waals surface area contributed by atoms with E-state index in [1.165, 1.54) is 9.87 Å². The van der Waals surface area contributed by atoms with Gasteiger partial charge in [0.15, 0.2) is 0 Å². The first kappa shape index (κ1) is 26.0. The van der Waals surface area contributed by atoms with E-state index in [0.29, 0.717) is 38.6 Å². The van der Waals surface area contributed by atoms with Crippen molar-refractivity contribution in [2.45, 2.75) is 19.8 Å². The van der Waals surface area contributed by atoms with Crippen LogP contribution in [0.25, 0.3) is 0 Å². The summed E-state index contributed by atoms with van der Waals surface area (Å²) in [6.45, 7) is 6.71. The van der Waals surface area contributed by atoms with Crippen molar-refractivity contribution in [3.05, 3.63) is 29.8 Å². The number of piperazine rings is 1. The summed E-state index contributed by atoms with van der Waals surface area (Å²) in [5.74, 6) is -0.279. The molecule has 0 aliphatic carbocycles. The standard InChI is InChI=1S/C19H30N4O3S.2ClH/c1-16-3-2-4-18(13-16)22-9-11-23(12-10-22)27(25,26)15-19(24)21-8-6-17-5-7-20-14-17;;/h2-4,13,17,20H,5-12,14-15H2,1H3,(H,21,24);2*1H. The Labute approximate surface area is 186 Å². The average Bonchev–Trinajstić information content (AvgIpc) is 3.15. The molecule has 1 amide bonds. The van der Waals surface area contributed by atoms with Gasteiger partial charge in [-0.1, -0.05) is 12.1 Å². The van der Waals surface area contributed by atoms with E-state index in [1.807, 2.05) is 25.1 Å². The van der Waals surface area contributed by atoms with Gasteiger partial charge in [0.05, 0.1) is 0 Å². The van der Waals surface area contributed by atoms with Crippen molar-refractivity contribution in [2.24, 2.45) is 5.92 Å². The van der Waals surface area contributed by atoms with Crippen LogP contribution in [0.1, 0.15) is 18.4 Å². The molecule has 2 N–H and O–H groups in total. The van der Waals surface area contributed by atoms with Crippen LogP contribution in [0.5, 0.6) is 0 Å². The molecule has 166 valence electrons. The average molecular weight is 467 g/mol. The summed E-state index contributed by atoms with van der Waals surface area (Å²) >= 11 is 0. The quantitative estimate of drug-likeness (QED) is 0.634. The minimum atomic E-state index is -3.56. The van der Waals surface area contributed by atoms with Crippen molar-refractivity contribution in [1.29, 1.82) is 0 Å². The smallest absolute Gasteiger partial charge is 0.236 e. The number of hydrogen-bond donors (Lipinski definition) is 2. The maximum absolute atomic E-state index is 12.5. The molecular formula is C19H32Cl2N4O3S. The summed E-state index contributed by atoms with van der Waals surface area (Å²) in [7, 11) is -3.56. The molecule has 1 aromatic carbocycles. The van der Waals surface area contributed by atoms with E-state index in [0.717, 1.165) is 31.6 Å². The van der Waals surface area contributed by atoms with Gasteiger partial charge in [-0.3, -0.25) is 4.79 Å². The van der Waals surface area contributed by atoms with E-state index < -0.39 is 21.7 Å². The molecule has 1 atom stereocenters. The minimum absolute atomic E-state index is 0. The summed E-state index contributed by atoms with van der Waals surface area (Å²) < 4.78 is 26.5. The second kappa shape index (κ2) is 12.0. The van der Waals surface area contributed by atoms with Gasteiger partial charge in [-0.05, 0) is 56.5 Å². The van der Waals surface area contributed by atoms with E-state index in [4.69, 9.17) is 0 Å². The number of benzene rings is 1. The summed E-state index contributed by atoms with van der Waals surface area (Å²) in [6, 6.07) is 8.22. The van der Waals surface area contributed by atoms with Gasteiger partial charge in [0.1, 0.15) is 5.75 Å². The molecule has 2 aliphatic heterocycles. The van der Waals surface area contributed by atoms with Crippen LogP contribution in [0, 0.1) is 12.8 Å². The van der Waals surface area contributed by atoms with Crippen LogP contribution < -0.4 is 15.5 Å². The van der Waals surface area contributed by atoms with Crippen LogP contribution in [-0.2, 0) is 14.8 Å². The fourth-order valence-electron chi connectivity index (χ4n) is 3.73. The molecule has 10 heteroatoms. The lowest BCUT2D eigenvalue weighted by Gasteiger charge is -2.35. The fraction of sp³-hybridized carbons (Fsp3) is 0.632. The number of sulfonamides is 1. The molecule has 0 spiro atoms. The number of carbonyl (C=O) groups excluding carboxylic acids is 1.